The maximum Gasteiger partial charge on any atom is 0.359 e. The normalized spacial score (nSPS) is 10.9. The molecule has 1 N–H and O–H groups in total. The van der Waals surface area contributed by atoms with Gasteiger partial charge in [0.25, 0.3) is 5.91 Å². The number of hydrogen-bond acceptors (Lipinski definition) is 6. The smallest absolute Gasteiger partial charge is 0.359 e. The molecule has 0 fully saturated rings. The van der Waals surface area contributed by atoms with Crippen molar-refractivity contribution in [2.24, 2.45) is 0 Å². The van der Waals surface area contributed by atoms with Crippen LogP contribution in [0.5, 0.6) is 0 Å². The number of nitrogens with one attached hydrogen (secondary N) is 1. The summed E-state index contributed by atoms with van der Waals surface area (Å²) in [5.41, 5.74) is -0.315. The molecular weight excluding hydrogens is 367 g/mol. The molecule has 0 aliphatic heterocycles. The van der Waals surface area contributed by atoms with Crippen LogP contribution in [-0.4, -0.2) is 51.3 Å². The van der Waals surface area contributed by atoms with Crippen LogP contribution < -0.4 is 5.32 Å². The fourth-order valence-corrected chi connectivity index (χ4v) is 2.26. The minimum atomic E-state index is -0.786. The first-order valence-corrected chi connectivity index (χ1v) is 8.46. The van der Waals surface area contributed by atoms with E-state index in [9.17, 15) is 18.8 Å². The standard InChI is InChI=1S/C19H21FN4O4/c1-19(2,3)24(11-16(25)23-14-6-4-13(20)5-7-14)17(26)12-28-18(27)15-10-21-8-9-22-15/h4-10H,11-12H2,1-3H3,(H,23,25). The number of ether oxygens (including phenoxy) is 1. The molecule has 2 rings (SSSR count). The third-order valence-corrected chi connectivity index (χ3v) is 3.64. The number of nitrogens with zero attached hydrogens (tertiary/aromatic N) is 3. The number of anilines is 1. The molecule has 0 saturated heterocycles. The zero-order valence-corrected chi connectivity index (χ0v) is 15.8. The van der Waals surface area contributed by atoms with Gasteiger partial charge in [0.15, 0.2) is 12.3 Å². The third kappa shape index (κ3) is 6.11. The van der Waals surface area contributed by atoms with Crippen molar-refractivity contribution in [3.8, 4) is 0 Å². The Balaban J connectivity index is 1.98. The summed E-state index contributed by atoms with van der Waals surface area (Å²) >= 11 is 0. The lowest BCUT2D eigenvalue weighted by Gasteiger charge is -2.35. The SMILES string of the molecule is CC(C)(C)N(CC(=O)Nc1ccc(F)cc1)C(=O)COC(=O)c1cnccn1. The third-order valence-electron chi connectivity index (χ3n) is 3.64. The summed E-state index contributed by atoms with van der Waals surface area (Å²) in [5, 5.41) is 2.59. The lowest BCUT2D eigenvalue weighted by atomic mass is 10.1. The van der Waals surface area contributed by atoms with Gasteiger partial charge in [-0.25, -0.2) is 14.2 Å². The molecule has 0 aliphatic rings. The average Bonchev–Trinajstić information content (AvgIpc) is 2.65. The van der Waals surface area contributed by atoms with Crippen molar-refractivity contribution in [2.75, 3.05) is 18.5 Å². The predicted molar refractivity (Wildman–Crippen MR) is 98.8 cm³/mol. The second kappa shape index (κ2) is 9.03. The molecule has 0 aliphatic carbocycles. The molecule has 2 amide bonds. The van der Waals surface area contributed by atoms with E-state index >= 15 is 0 Å². The van der Waals surface area contributed by atoms with E-state index in [1.54, 1.807) is 20.8 Å². The van der Waals surface area contributed by atoms with Crippen molar-refractivity contribution in [3.05, 3.63) is 54.4 Å². The van der Waals surface area contributed by atoms with Gasteiger partial charge in [-0.05, 0) is 45.0 Å². The highest BCUT2D eigenvalue weighted by molar-refractivity contribution is 5.95. The van der Waals surface area contributed by atoms with E-state index in [1.165, 1.54) is 47.8 Å². The summed E-state index contributed by atoms with van der Waals surface area (Å²) in [4.78, 5) is 45.6. The summed E-state index contributed by atoms with van der Waals surface area (Å²) in [6.07, 6.45) is 3.97. The van der Waals surface area contributed by atoms with Crippen LogP contribution in [0.2, 0.25) is 0 Å². The van der Waals surface area contributed by atoms with Crippen LogP contribution in [0.25, 0.3) is 0 Å². The molecule has 9 heteroatoms. The zero-order valence-electron chi connectivity index (χ0n) is 15.8. The summed E-state index contributed by atoms with van der Waals surface area (Å²) in [5.74, 6) is -2.21. The molecule has 1 aromatic heterocycles. The van der Waals surface area contributed by atoms with E-state index in [-0.39, 0.29) is 12.2 Å². The molecule has 28 heavy (non-hydrogen) atoms. The van der Waals surface area contributed by atoms with Gasteiger partial charge in [-0.2, -0.15) is 0 Å². The summed E-state index contributed by atoms with van der Waals surface area (Å²) < 4.78 is 17.9. The minimum absolute atomic E-state index is 0.0216. The number of rotatable bonds is 6. The van der Waals surface area contributed by atoms with E-state index < -0.39 is 35.7 Å². The highest BCUT2D eigenvalue weighted by Gasteiger charge is 2.29. The monoisotopic (exact) mass is 388 g/mol. The van der Waals surface area contributed by atoms with Gasteiger partial charge in [0, 0.05) is 23.6 Å². The van der Waals surface area contributed by atoms with Gasteiger partial charge in [-0.1, -0.05) is 0 Å². The Bertz CT molecular complexity index is 835. The van der Waals surface area contributed by atoms with Gasteiger partial charge in [-0.15, -0.1) is 0 Å². The zero-order chi connectivity index (χ0) is 20.7. The second-order valence-corrected chi connectivity index (χ2v) is 6.87. The molecule has 0 bridgehead atoms. The van der Waals surface area contributed by atoms with Crippen LogP contribution in [0.4, 0.5) is 10.1 Å². The van der Waals surface area contributed by atoms with Crippen molar-refractivity contribution in [1.82, 2.24) is 14.9 Å². The molecule has 1 aromatic carbocycles. The Morgan fingerprint density at radius 2 is 1.82 bits per heavy atom. The molecule has 0 spiro atoms. The Morgan fingerprint density at radius 1 is 1.14 bits per heavy atom. The highest BCUT2D eigenvalue weighted by Crippen LogP contribution is 2.15. The number of hydrogen-bond donors (Lipinski definition) is 1. The van der Waals surface area contributed by atoms with Crippen LogP contribution >= 0.6 is 0 Å². The quantitative estimate of drug-likeness (QED) is 0.760. The molecule has 0 saturated carbocycles. The number of carbonyl (C=O) groups excluding carboxylic acids is 3. The fourth-order valence-electron chi connectivity index (χ4n) is 2.26. The van der Waals surface area contributed by atoms with Gasteiger partial charge in [0.05, 0.1) is 6.20 Å². The Kier molecular flexibility index (Phi) is 6.75. The van der Waals surface area contributed by atoms with E-state index in [1.807, 2.05) is 0 Å². The van der Waals surface area contributed by atoms with Crippen molar-refractivity contribution >= 4 is 23.5 Å². The van der Waals surface area contributed by atoms with Crippen LogP contribution in [0.1, 0.15) is 31.3 Å². The number of aromatic nitrogens is 2. The number of benzene rings is 1. The van der Waals surface area contributed by atoms with Crippen molar-refractivity contribution in [3.63, 3.8) is 0 Å². The predicted octanol–water partition coefficient (Wildman–Crippen LogP) is 2.04. The highest BCUT2D eigenvalue weighted by atomic mass is 19.1. The molecule has 2 aromatic rings. The summed E-state index contributed by atoms with van der Waals surface area (Å²) in [6, 6.07) is 5.26. The van der Waals surface area contributed by atoms with Crippen molar-refractivity contribution in [2.45, 2.75) is 26.3 Å². The lowest BCUT2D eigenvalue weighted by Crippen LogP contribution is -2.50. The van der Waals surface area contributed by atoms with Crippen LogP contribution in [0.15, 0.2) is 42.9 Å². The van der Waals surface area contributed by atoms with E-state index in [0.29, 0.717) is 5.69 Å². The molecular formula is C19H21FN4O4. The van der Waals surface area contributed by atoms with E-state index in [4.69, 9.17) is 4.74 Å². The van der Waals surface area contributed by atoms with Crippen molar-refractivity contribution in [1.29, 1.82) is 0 Å². The molecule has 8 nitrogen and oxygen atoms in total. The second-order valence-electron chi connectivity index (χ2n) is 6.87. The molecule has 148 valence electrons. The Hall–Kier alpha value is -3.36. The topological polar surface area (TPSA) is 101 Å². The maximum atomic E-state index is 13.0. The van der Waals surface area contributed by atoms with Gasteiger partial charge in [0.1, 0.15) is 12.4 Å². The fraction of sp³-hybridized carbons (Fsp3) is 0.316. The Morgan fingerprint density at radius 3 is 2.39 bits per heavy atom. The first-order chi connectivity index (χ1) is 13.2. The van der Waals surface area contributed by atoms with Gasteiger partial charge in [-0.3, -0.25) is 14.6 Å². The van der Waals surface area contributed by atoms with Crippen LogP contribution in [-0.2, 0) is 14.3 Å². The number of halogens is 1. The average molecular weight is 388 g/mol. The van der Waals surface area contributed by atoms with Crippen LogP contribution in [0, 0.1) is 5.82 Å². The first kappa shape index (κ1) is 20.9. The largest absolute Gasteiger partial charge is 0.451 e. The van der Waals surface area contributed by atoms with Gasteiger partial charge < -0.3 is 15.0 Å². The number of amides is 2. The lowest BCUT2D eigenvalue weighted by molar-refractivity contribution is -0.142. The first-order valence-electron chi connectivity index (χ1n) is 8.46. The Labute approximate surface area is 161 Å². The van der Waals surface area contributed by atoms with E-state index in [2.05, 4.69) is 15.3 Å². The summed E-state index contributed by atoms with van der Waals surface area (Å²) in [6.45, 7) is 4.45. The van der Waals surface area contributed by atoms with Crippen LogP contribution in [0.3, 0.4) is 0 Å². The minimum Gasteiger partial charge on any atom is -0.451 e. The maximum absolute atomic E-state index is 13.0. The summed E-state index contributed by atoms with van der Waals surface area (Å²) in [7, 11) is 0. The molecule has 0 unspecified atom stereocenters. The number of carbonyl (C=O) groups is 3. The van der Waals surface area contributed by atoms with E-state index in [0.717, 1.165) is 0 Å². The molecule has 1 heterocycles. The van der Waals surface area contributed by atoms with Gasteiger partial charge in [0.2, 0.25) is 5.91 Å². The van der Waals surface area contributed by atoms with Gasteiger partial charge >= 0.3 is 5.97 Å². The molecule has 0 radical (unpaired) electrons. The van der Waals surface area contributed by atoms with Crippen molar-refractivity contribution < 1.29 is 23.5 Å². The number of esters is 1. The molecule has 0 atom stereocenters.